The SMILES string of the molecule is COC1CCC(C(=O)N2CC(C)N(C(=O)C3CCC(OC)CC3F)CC2C)C(F)C1. The minimum Gasteiger partial charge on any atom is -0.381 e. The molecule has 8 unspecified atom stereocenters. The van der Waals surface area contributed by atoms with E-state index in [1.54, 1.807) is 24.0 Å². The molecule has 8 atom stereocenters. The van der Waals surface area contributed by atoms with Crippen LogP contribution in [0.5, 0.6) is 0 Å². The molecule has 0 bridgehead atoms. The number of ether oxygens (including phenoxy) is 2. The van der Waals surface area contributed by atoms with Crippen LogP contribution in [-0.4, -0.2) is 85.6 Å². The van der Waals surface area contributed by atoms with Gasteiger partial charge < -0.3 is 19.3 Å². The highest BCUT2D eigenvalue weighted by Gasteiger charge is 2.44. The van der Waals surface area contributed by atoms with E-state index in [-0.39, 0.29) is 48.9 Å². The average Bonchev–Trinajstić information content (AvgIpc) is 2.73. The summed E-state index contributed by atoms with van der Waals surface area (Å²) < 4.78 is 39.7. The van der Waals surface area contributed by atoms with E-state index in [4.69, 9.17) is 9.47 Å². The van der Waals surface area contributed by atoms with Crippen molar-refractivity contribution in [3.8, 4) is 0 Å². The van der Waals surface area contributed by atoms with Crippen molar-refractivity contribution in [2.75, 3.05) is 27.3 Å². The van der Waals surface area contributed by atoms with Crippen molar-refractivity contribution in [3.05, 3.63) is 0 Å². The first-order chi connectivity index (χ1) is 14.3. The number of methoxy groups -OCH3 is 2. The minimum atomic E-state index is -1.21. The normalized spacial score (nSPS) is 40.3. The summed E-state index contributed by atoms with van der Waals surface area (Å²) in [6, 6.07) is -0.447. The highest BCUT2D eigenvalue weighted by molar-refractivity contribution is 5.82. The fraction of sp³-hybridized carbons (Fsp3) is 0.909. The van der Waals surface area contributed by atoms with Crippen LogP contribution in [0.15, 0.2) is 0 Å². The van der Waals surface area contributed by atoms with Gasteiger partial charge in [-0.05, 0) is 39.5 Å². The Morgan fingerprint density at radius 1 is 0.733 bits per heavy atom. The van der Waals surface area contributed by atoms with Crippen molar-refractivity contribution in [1.29, 1.82) is 0 Å². The Morgan fingerprint density at radius 2 is 1.10 bits per heavy atom. The summed E-state index contributed by atoms with van der Waals surface area (Å²) in [5.41, 5.74) is 0. The summed E-state index contributed by atoms with van der Waals surface area (Å²) in [4.78, 5) is 29.6. The molecule has 2 saturated carbocycles. The molecular formula is C22H36F2N2O4. The Bertz CT molecular complexity index is 570. The number of hydrogen-bond acceptors (Lipinski definition) is 4. The van der Waals surface area contributed by atoms with Crippen LogP contribution in [0, 0.1) is 11.8 Å². The second-order valence-corrected chi connectivity index (χ2v) is 9.27. The maximum atomic E-state index is 14.6. The molecule has 30 heavy (non-hydrogen) atoms. The molecule has 3 rings (SSSR count). The van der Waals surface area contributed by atoms with Gasteiger partial charge in [0.2, 0.25) is 11.8 Å². The van der Waals surface area contributed by atoms with Crippen LogP contribution in [0.1, 0.15) is 52.4 Å². The van der Waals surface area contributed by atoms with E-state index in [1.165, 1.54) is 0 Å². The smallest absolute Gasteiger partial charge is 0.228 e. The lowest BCUT2D eigenvalue weighted by atomic mass is 9.83. The van der Waals surface area contributed by atoms with E-state index in [9.17, 15) is 18.4 Å². The average molecular weight is 431 g/mol. The third kappa shape index (κ3) is 4.79. The molecule has 1 aliphatic heterocycles. The Morgan fingerprint density at radius 3 is 1.40 bits per heavy atom. The molecule has 8 heteroatoms. The summed E-state index contributed by atoms with van der Waals surface area (Å²) in [6.45, 7) is 4.47. The minimum absolute atomic E-state index is 0.128. The van der Waals surface area contributed by atoms with E-state index >= 15 is 0 Å². The van der Waals surface area contributed by atoms with E-state index in [2.05, 4.69) is 0 Å². The van der Waals surface area contributed by atoms with Gasteiger partial charge in [-0.2, -0.15) is 0 Å². The Hall–Kier alpha value is -1.28. The molecule has 0 aromatic carbocycles. The van der Waals surface area contributed by atoms with Crippen molar-refractivity contribution < 1.29 is 27.8 Å². The fourth-order valence-corrected chi connectivity index (χ4v) is 5.31. The number of hydrogen-bond donors (Lipinski definition) is 0. The monoisotopic (exact) mass is 430 g/mol. The van der Waals surface area contributed by atoms with E-state index < -0.39 is 24.2 Å². The summed E-state index contributed by atoms with van der Waals surface area (Å²) in [6.07, 6.45) is 0.136. The van der Waals surface area contributed by atoms with Crippen LogP contribution in [0.3, 0.4) is 0 Å². The standard InChI is InChI=1S/C22H36F2N2O4/c1-13-11-26(22(28)18-8-6-16(30-4)10-20(18)24)14(2)12-25(13)21(27)17-7-5-15(29-3)9-19(17)23/h13-20H,5-12H2,1-4H3. The van der Waals surface area contributed by atoms with Gasteiger partial charge in [-0.1, -0.05) is 0 Å². The van der Waals surface area contributed by atoms with Crippen LogP contribution >= 0.6 is 0 Å². The molecule has 0 N–H and O–H groups in total. The lowest BCUT2D eigenvalue weighted by Crippen LogP contribution is -2.62. The molecule has 0 aromatic heterocycles. The third-order valence-corrected chi connectivity index (χ3v) is 7.30. The van der Waals surface area contributed by atoms with E-state index in [0.29, 0.717) is 38.8 Å². The maximum Gasteiger partial charge on any atom is 0.228 e. The van der Waals surface area contributed by atoms with E-state index in [1.807, 2.05) is 13.8 Å². The molecule has 3 aliphatic rings. The van der Waals surface area contributed by atoms with Crippen molar-refractivity contribution in [2.45, 2.75) is 89.0 Å². The molecule has 2 amide bonds. The Labute approximate surface area is 178 Å². The zero-order chi connectivity index (χ0) is 22.0. The molecule has 1 saturated heterocycles. The maximum absolute atomic E-state index is 14.6. The number of carbonyl (C=O) groups is 2. The van der Waals surface area contributed by atoms with Crippen molar-refractivity contribution in [1.82, 2.24) is 9.80 Å². The Balaban J connectivity index is 1.61. The number of amides is 2. The summed E-state index contributed by atoms with van der Waals surface area (Å²) in [5, 5.41) is 0. The highest BCUT2D eigenvalue weighted by Crippen LogP contribution is 2.34. The van der Waals surface area contributed by atoms with E-state index in [0.717, 1.165) is 0 Å². The molecule has 6 nitrogen and oxygen atoms in total. The zero-order valence-electron chi connectivity index (χ0n) is 18.6. The van der Waals surface area contributed by atoms with Gasteiger partial charge >= 0.3 is 0 Å². The second kappa shape index (κ2) is 9.90. The van der Waals surface area contributed by atoms with Gasteiger partial charge in [0, 0.05) is 52.2 Å². The largest absolute Gasteiger partial charge is 0.381 e. The van der Waals surface area contributed by atoms with Crippen LogP contribution in [0.2, 0.25) is 0 Å². The first-order valence-electron chi connectivity index (χ1n) is 11.2. The topological polar surface area (TPSA) is 59.1 Å². The van der Waals surface area contributed by atoms with Gasteiger partial charge in [0.15, 0.2) is 0 Å². The van der Waals surface area contributed by atoms with Gasteiger partial charge in [0.05, 0.1) is 24.0 Å². The number of nitrogens with zero attached hydrogens (tertiary/aromatic N) is 2. The molecule has 172 valence electrons. The van der Waals surface area contributed by atoms with Crippen molar-refractivity contribution in [3.63, 3.8) is 0 Å². The van der Waals surface area contributed by atoms with Crippen LogP contribution in [0.25, 0.3) is 0 Å². The highest BCUT2D eigenvalue weighted by atomic mass is 19.1. The van der Waals surface area contributed by atoms with Crippen molar-refractivity contribution in [2.24, 2.45) is 11.8 Å². The molecule has 2 aliphatic carbocycles. The molecule has 0 radical (unpaired) electrons. The lowest BCUT2D eigenvalue weighted by molar-refractivity contribution is -0.155. The summed E-state index contributed by atoms with van der Waals surface area (Å²) >= 11 is 0. The quantitative estimate of drug-likeness (QED) is 0.688. The number of rotatable bonds is 4. The fourth-order valence-electron chi connectivity index (χ4n) is 5.31. The number of piperazine rings is 1. The van der Waals surface area contributed by atoms with Gasteiger partial charge in [-0.25, -0.2) is 8.78 Å². The van der Waals surface area contributed by atoms with Crippen LogP contribution < -0.4 is 0 Å². The van der Waals surface area contributed by atoms with Crippen LogP contribution in [-0.2, 0) is 19.1 Å². The summed E-state index contributed by atoms with van der Waals surface area (Å²) in [7, 11) is 3.15. The molecule has 3 fully saturated rings. The Kier molecular flexibility index (Phi) is 7.71. The molecular weight excluding hydrogens is 394 g/mol. The molecule has 1 heterocycles. The number of alkyl halides is 2. The first-order valence-corrected chi connectivity index (χ1v) is 11.2. The van der Waals surface area contributed by atoms with Gasteiger partial charge in [-0.3, -0.25) is 9.59 Å². The zero-order valence-corrected chi connectivity index (χ0v) is 18.6. The number of carbonyl (C=O) groups excluding carboxylic acids is 2. The van der Waals surface area contributed by atoms with Gasteiger partial charge in [0.25, 0.3) is 0 Å². The lowest BCUT2D eigenvalue weighted by Gasteiger charge is -2.47. The predicted molar refractivity (Wildman–Crippen MR) is 108 cm³/mol. The first kappa shape index (κ1) is 23.4. The predicted octanol–water partition coefficient (Wildman–Crippen LogP) is 2.74. The van der Waals surface area contributed by atoms with Gasteiger partial charge in [0.1, 0.15) is 12.3 Å². The summed E-state index contributed by atoms with van der Waals surface area (Å²) in [5.74, 6) is -1.64. The van der Waals surface area contributed by atoms with Crippen LogP contribution in [0.4, 0.5) is 8.78 Å². The third-order valence-electron chi connectivity index (χ3n) is 7.30. The van der Waals surface area contributed by atoms with Gasteiger partial charge in [-0.15, -0.1) is 0 Å². The molecule has 0 spiro atoms. The second-order valence-electron chi connectivity index (χ2n) is 9.27. The number of halogens is 2. The molecule has 0 aromatic rings. The van der Waals surface area contributed by atoms with Crippen molar-refractivity contribution >= 4 is 11.8 Å².